The van der Waals surface area contributed by atoms with Crippen LogP contribution >= 0.6 is 12.2 Å². The summed E-state index contributed by atoms with van der Waals surface area (Å²) < 4.78 is 0. The van der Waals surface area contributed by atoms with E-state index in [0.29, 0.717) is 5.11 Å². The number of rotatable bonds is 5. The molecule has 0 aliphatic carbocycles. The molecule has 0 radical (unpaired) electrons. The largest absolute Gasteiger partial charge is 0.362 e. The fraction of sp³-hybridized carbons (Fsp3) is 0.647. The van der Waals surface area contributed by atoms with Gasteiger partial charge >= 0.3 is 0 Å². The lowest BCUT2D eigenvalue weighted by molar-refractivity contribution is 0.140. The number of aromatic nitrogens is 1. The Morgan fingerprint density at radius 3 is 2.77 bits per heavy atom. The second-order valence-electron chi connectivity index (χ2n) is 6.61. The molecule has 0 bridgehead atoms. The zero-order valence-corrected chi connectivity index (χ0v) is 14.7. The quantitative estimate of drug-likeness (QED) is 0.644. The predicted molar refractivity (Wildman–Crippen MR) is 97.2 cm³/mol. The van der Waals surface area contributed by atoms with Crippen molar-refractivity contribution in [2.75, 3.05) is 31.5 Å². The van der Waals surface area contributed by atoms with Gasteiger partial charge in [-0.1, -0.05) is 19.9 Å². The first kappa shape index (κ1) is 17.2. The average Bonchev–Trinajstić information content (AvgIpc) is 2.45. The first-order chi connectivity index (χ1) is 10.5. The van der Waals surface area contributed by atoms with E-state index in [1.807, 2.05) is 19.1 Å². The van der Waals surface area contributed by atoms with Gasteiger partial charge in [0.05, 0.1) is 0 Å². The van der Waals surface area contributed by atoms with E-state index >= 15 is 0 Å². The molecule has 1 saturated heterocycles. The molecule has 1 aliphatic rings. The molecule has 0 spiro atoms. The molecule has 0 unspecified atom stereocenters. The number of piperidine rings is 1. The molecule has 1 aromatic heterocycles. The molecule has 2 rings (SSSR count). The van der Waals surface area contributed by atoms with Crippen LogP contribution in [0.2, 0.25) is 0 Å². The SMILES string of the molecule is Cc1cccnc1NC(=S)NCCCN1C[C@H](C)C[C@H](C)C1. The van der Waals surface area contributed by atoms with Gasteiger partial charge in [-0.25, -0.2) is 4.98 Å². The Labute approximate surface area is 139 Å². The Hall–Kier alpha value is -1.20. The van der Waals surface area contributed by atoms with Crippen molar-refractivity contribution >= 4 is 23.1 Å². The minimum absolute atomic E-state index is 0.655. The van der Waals surface area contributed by atoms with Gasteiger partial charge in [0.1, 0.15) is 5.82 Å². The van der Waals surface area contributed by atoms with Gasteiger partial charge in [-0.3, -0.25) is 0 Å². The van der Waals surface area contributed by atoms with Gasteiger partial charge in [-0.15, -0.1) is 0 Å². The summed E-state index contributed by atoms with van der Waals surface area (Å²) in [5.41, 5.74) is 1.10. The highest BCUT2D eigenvalue weighted by molar-refractivity contribution is 7.80. The van der Waals surface area contributed by atoms with Gasteiger partial charge in [0.25, 0.3) is 0 Å². The highest BCUT2D eigenvalue weighted by Crippen LogP contribution is 2.20. The van der Waals surface area contributed by atoms with Crippen LogP contribution in [0, 0.1) is 18.8 Å². The molecule has 2 N–H and O–H groups in total. The molecular formula is C17H28N4S. The standard InChI is InChI=1S/C17H28N4S/c1-13-10-14(2)12-21(11-13)9-5-8-19-17(22)20-16-15(3)6-4-7-18-16/h4,6-7,13-14H,5,8-12H2,1-3H3,(H2,18,19,20,22)/t13-,14+. The number of nitrogens with zero attached hydrogens (tertiary/aromatic N) is 2. The van der Waals surface area contributed by atoms with Gasteiger partial charge in [0, 0.05) is 25.8 Å². The van der Waals surface area contributed by atoms with E-state index in [9.17, 15) is 0 Å². The van der Waals surface area contributed by atoms with Crippen molar-refractivity contribution in [1.82, 2.24) is 15.2 Å². The molecule has 2 atom stereocenters. The Balaban J connectivity index is 1.64. The van der Waals surface area contributed by atoms with Crippen molar-refractivity contribution in [2.45, 2.75) is 33.6 Å². The van der Waals surface area contributed by atoms with E-state index < -0.39 is 0 Å². The number of aryl methyl sites for hydroxylation is 1. The highest BCUT2D eigenvalue weighted by atomic mass is 32.1. The van der Waals surface area contributed by atoms with Crippen LogP contribution in [0.4, 0.5) is 5.82 Å². The van der Waals surface area contributed by atoms with Crippen molar-refractivity contribution in [3.05, 3.63) is 23.9 Å². The maximum Gasteiger partial charge on any atom is 0.171 e. The molecule has 0 amide bonds. The van der Waals surface area contributed by atoms with Crippen LogP contribution in [-0.2, 0) is 0 Å². The predicted octanol–water partition coefficient (Wildman–Crippen LogP) is 3.04. The smallest absolute Gasteiger partial charge is 0.171 e. The minimum atomic E-state index is 0.655. The third-order valence-corrected chi connectivity index (χ3v) is 4.37. The van der Waals surface area contributed by atoms with E-state index in [-0.39, 0.29) is 0 Å². The lowest BCUT2D eigenvalue weighted by Crippen LogP contribution is -2.40. The van der Waals surface area contributed by atoms with Crippen molar-refractivity contribution in [3.63, 3.8) is 0 Å². The average molecular weight is 321 g/mol. The molecule has 5 heteroatoms. The zero-order valence-electron chi connectivity index (χ0n) is 13.9. The second kappa shape index (κ2) is 8.44. The zero-order chi connectivity index (χ0) is 15.9. The Morgan fingerprint density at radius 1 is 1.36 bits per heavy atom. The van der Waals surface area contributed by atoms with Crippen LogP contribution in [0.15, 0.2) is 18.3 Å². The third-order valence-electron chi connectivity index (χ3n) is 4.12. The van der Waals surface area contributed by atoms with Crippen LogP contribution < -0.4 is 10.6 Å². The maximum absolute atomic E-state index is 5.33. The summed E-state index contributed by atoms with van der Waals surface area (Å²) in [7, 11) is 0. The molecule has 1 aromatic rings. The molecule has 2 heterocycles. The molecule has 22 heavy (non-hydrogen) atoms. The number of likely N-dealkylation sites (tertiary alicyclic amines) is 1. The first-order valence-electron chi connectivity index (χ1n) is 8.23. The Bertz CT molecular complexity index is 481. The van der Waals surface area contributed by atoms with Crippen LogP contribution in [0.3, 0.4) is 0 Å². The topological polar surface area (TPSA) is 40.2 Å². The Morgan fingerprint density at radius 2 is 2.09 bits per heavy atom. The lowest BCUT2D eigenvalue weighted by atomic mass is 9.92. The summed E-state index contributed by atoms with van der Waals surface area (Å²) >= 11 is 5.33. The van der Waals surface area contributed by atoms with Gasteiger partial charge in [0.15, 0.2) is 5.11 Å². The van der Waals surface area contributed by atoms with Crippen molar-refractivity contribution in [2.24, 2.45) is 11.8 Å². The number of hydrogen-bond donors (Lipinski definition) is 2. The fourth-order valence-electron chi connectivity index (χ4n) is 3.25. The summed E-state index contributed by atoms with van der Waals surface area (Å²) in [6, 6.07) is 3.95. The summed E-state index contributed by atoms with van der Waals surface area (Å²) in [4.78, 5) is 6.87. The van der Waals surface area contributed by atoms with Gasteiger partial charge < -0.3 is 15.5 Å². The molecule has 122 valence electrons. The summed E-state index contributed by atoms with van der Waals surface area (Å²) in [5, 5.41) is 7.09. The van der Waals surface area contributed by atoms with Gasteiger partial charge in [-0.05, 0) is 62.0 Å². The summed E-state index contributed by atoms with van der Waals surface area (Å²) in [6.07, 6.45) is 4.26. The van der Waals surface area contributed by atoms with E-state index in [4.69, 9.17) is 12.2 Å². The van der Waals surface area contributed by atoms with Crippen LogP contribution in [0.5, 0.6) is 0 Å². The summed E-state index contributed by atoms with van der Waals surface area (Å²) in [6.45, 7) is 11.3. The minimum Gasteiger partial charge on any atom is -0.362 e. The van der Waals surface area contributed by atoms with Crippen LogP contribution in [0.1, 0.15) is 32.3 Å². The summed E-state index contributed by atoms with van der Waals surface area (Å²) in [5.74, 6) is 2.48. The van der Waals surface area contributed by atoms with Crippen molar-refractivity contribution < 1.29 is 0 Å². The molecule has 4 nitrogen and oxygen atoms in total. The maximum atomic E-state index is 5.33. The molecule has 0 aromatic carbocycles. The van der Waals surface area contributed by atoms with E-state index in [0.717, 1.165) is 42.7 Å². The number of hydrogen-bond acceptors (Lipinski definition) is 3. The lowest BCUT2D eigenvalue weighted by Gasteiger charge is -2.34. The molecule has 1 aliphatic heterocycles. The number of thiocarbonyl (C=S) groups is 1. The fourth-order valence-corrected chi connectivity index (χ4v) is 3.45. The molecular weight excluding hydrogens is 292 g/mol. The highest BCUT2D eigenvalue weighted by Gasteiger charge is 2.20. The first-order valence-corrected chi connectivity index (χ1v) is 8.64. The van der Waals surface area contributed by atoms with Crippen molar-refractivity contribution in [1.29, 1.82) is 0 Å². The number of pyridine rings is 1. The van der Waals surface area contributed by atoms with Gasteiger partial charge in [0.2, 0.25) is 0 Å². The number of anilines is 1. The van der Waals surface area contributed by atoms with E-state index in [2.05, 4.69) is 34.4 Å². The van der Waals surface area contributed by atoms with E-state index in [1.54, 1.807) is 6.20 Å². The van der Waals surface area contributed by atoms with Crippen LogP contribution in [0.25, 0.3) is 0 Å². The monoisotopic (exact) mass is 320 g/mol. The second-order valence-corrected chi connectivity index (χ2v) is 7.02. The Kier molecular flexibility index (Phi) is 6.58. The van der Waals surface area contributed by atoms with Crippen LogP contribution in [-0.4, -0.2) is 41.2 Å². The van der Waals surface area contributed by atoms with Gasteiger partial charge in [-0.2, -0.15) is 0 Å². The van der Waals surface area contributed by atoms with E-state index in [1.165, 1.54) is 19.5 Å². The molecule has 0 saturated carbocycles. The van der Waals surface area contributed by atoms with Crippen molar-refractivity contribution in [3.8, 4) is 0 Å². The molecule has 1 fully saturated rings. The third kappa shape index (κ3) is 5.54. The number of nitrogens with one attached hydrogen (secondary N) is 2. The normalized spacial score (nSPS) is 22.3.